The van der Waals surface area contributed by atoms with E-state index < -0.39 is 16.6 Å². The van der Waals surface area contributed by atoms with Crippen LogP contribution in [-0.2, 0) is 22.7 Å². The van der Waals surface area contributed by atoms with Crippen molar-refractivity contribution in [2.24, 2.45) is 0 Å². The van der Waals surface area contributed by atoms with Gasteiger partial charge in [0.1, 0.15) is 19.0 Å². The summed E-state index contributed by atoms with van der Waals surface area (Å²) in [5, 5.41) is 11.6. The van der Waals surface area contributed by atoms with E-state index in [0.717, 1.165) is 17.2 Å². The van der Waals surface area contributed by atoms with Crippen molar-refractivity contribution in [1.82, 2.24) is 0 Å². The van der Waals surface area contributed by atoms with Crippen LogP contribution in [0.1, 0.15) is 23.6 Å². The zero-order chi connectivity index (χ0) is 24.3. The minimum absolute atomic E-state index is 0.00935. The van der Waals surface area contributed by atoms with Crippen molar-refractivity contribution in [2.75, 3.05) is 13.7 Å². The van der Waals surface area contributed by atoms with Crippen molar-refractivity contribution in [2.45, 2.75) is 20.1 Å². The number of carbonyl (C=O) groups excluding carboxylic acids is 1. The average molecular weight is 463 g/mol. The third kappa shape index (κ3) is 6.59. The average Bonchev–Trinajstić information content (AvgIpc) is 2.86. The third-order valence-electron chi connectivity index (χ3n) is 4.74. The minimum Gasteiger partial charge on any atom is -0.493 e. The Kier molecular flexibility index (Phi) is 8.62. The van der Waals surface area contributed by atoms with E-state index in [0.29, 0.717) is 11.5 Å². The molecule has 3 aromatic rings. The highest BCUT2D eigenvalue weighted by molar-refractivity contribution is 5.91. The van der Waals surface area contributed by atoms with Crippen LogP contribution in [-0.4, -0.2) is 24.6 Å². The Hall–Kier alpha value is -4.33. The number of nitro groups is 1. The normalized spacial score (nSPS) is 10.9. The number of methoxy groups -OCH3 is 1. The van der Waals surface area contributed by atoms with Gasteiger partial charge in [-0.1, -0.05) is 60.7 Å². The van der Waals surface area contributed by atoms with Crippen molar-refractivity contribution in [3.05, 3.63) is 105 Å². The van der Waals surface area contributed by atoms with Crippen LogP contribution >= 0.6 is 0 Å². The summed E-state index contributed by atoms with van der Waals surface area (Å²) in [6.07, 6.45) is 1.12. The molecule has 0 heterocycles. The lowest BCUT2D eigenvalue weighted by molar-refractivity contribution is -0.419. The van der Waals surface area contributed by atoms with Gasteiger partial charge < -0.3 is 18.9 Å². The van der Waals surface area contributed by atoms with Gasteiger partial charge in [0.15, 0.2) is 11.5 Å². The first kappa shape index (κ1) is 24.3. The Bertz CT molecular complexity index is 1140. The highest BCUT2D eigenvalue weighted by Crippen LogP contribution is 2.37. The Morgan fingerprint density at radius 3 is 1.94 bits per heavy atom. The summed E-state index contributed by atoms with van der Waals surface area (Å²) in [6.45, 7) is 2.05. The summed E-state index contributed by atoms with van der Waals surface area (Å²) in [5.41, 5.74) is 1.40. The van der Waals surface area contributed by atoms with Crippen LogP contribution in [0.4, 0.5) is 0 Å². The van der Waals surface area contributed by atoms with E-state index in [4.69, 9.17) is 18.9 Å². The Morgan fingerprint density at radius 2 is 1.44 bits per heavy atom. The summed E-state index contributed by atoms with van der Waals surface area (Å²) >= 11 is 0. The molecule has 0 radical (unpaired) electrons. The van der Waals surface area contributed by atoms with Crippen LogP contribution in [0, 0.1) is 10.1 Å². The third-order valence-corrected chi connectivity index (χ3v) is 4.74. The maximum absolute atomic E-state index is 12.2. The Morgan fingerprint density at radius 1 is 0.882 bits per heavy atom. The fourth-order valence-corrected chi connectivity index (χ4v) is 3.08. The van der Waals surface area contributed by atoms with E-state index in [1.165, 1.54) is 7.11 Å². The summed E-state index contributed by atoms with van der Waals surface area (Å²) in [5.74, 6) is -0.0216. The van der Waals surface area contributed by atoms with E-state index in [9.17, 15) is 14.9 Å². The van der Waals surface area contributed by atoms with Gasteiger partial charge in [0.2, 0.25) is 0 Å². The van der Waals surface area contributed by atoms with Gasteiger partial charge >= 0.3 is 11.7 Å². The fraction of sp³-hybridized carbons (Fsp3) is 0.192. The molecule has 176 valence electrons. The van der Waals surface area contributed by atoms with Crippen LogP contribution in [0.2, 0.25) is 0 Å². The van der Waals surface area contributed by atoms with Crippen LogP contribution in [0.15, 0.2) is 78.5 Å². The predicted molar refractivity (Wildman–Crippen MR) is 126 cm³/mol. The molecule has 0 atom stereocenters. The molecule has 0 spiro atoms. The molecule has 8 nitrogen and oxygen atoms in total. The molecule has 0 aliphatic heterocycles. The summed E-state index contributed by atoms with van der Waals surface area (Å²) in [6, 6.07) is 22.1. The van der Waals surface area contributed by atoms with Crippen LogP contribution in [0.5, 0.6) is 17.2 Å². The summed E-state index contributed by atoms with van der Waals surface area (Å²) < 4.78 is 22.2. The van der Waals surface area contributed by atoms with Crippen molar-refractivity contribution in [1.29, 1.82) is 0 Å². The smallest absolute Gasteiger partial charge is 0.409 e. The number of benzene rings is 3. The molecule has 0 fully saturated rings. The van der Waals surface area contributed by atoms with Gasteiger partial charge in [0.05, 0.1) is 18.6 Å². The standard InChI is InChI=1S/C26H25NO7/c1-3-32-26(28)22(27(29)30)14-21-15-25(34-18-20-12-8-5-9-13-20)24(31-2)16-23(21)33-17-19-10-6-4-7-11-19/h4-16H,3,17-18H2,1-2H3/b22-14-. The van der Waals surface area contributed by atoms with Gasteiger partial charge in [-0.25, -0.2) is 4.79 Å². The quantitative estimate of drug-likeness (QED) is 0.170. The van der Waals surface area contributed by atoms with Crippen LogP contribution in [0.25, 0.3) is 6.08 Å². The number of hydrogen-bond donors (Lipinski definition) is 0. The SMILES string of the molecule is CCOC(=O)/C(=C/c1cc(OCc2ccccc2)c(OC)cc1OCc1ccccc1)[N+](=O)[O-]. The van der Waals surface area contributed by atoms with Crippen molar-refractivity contribution in [3.63, 3.8) is 0 Å². The Labute approximate surface area is 197 Å². The maximum atomic E-state index is 12.2. The second-order valence-electron chi connectivity index (χ2n) is 7.10. The van der Waals surface area contributed by atoms with Crippen molar-refractivity contribution < 1.29 is 28.7 Å². The topological polar surface area (TPSA) is 97.1 Å². The molecule has 0 amide bonds. The minimum atomic E-state index is -1.04. The zero-order valence-electron chi connectivity index (χ0n) is 18.9. The number of rotatable bonds is 11. The lowest BCUT2D eigenvalue weighted by atomic mass is 10.1. The molecule has 0 aliphatic carbocycles. The van der Waals surface area contributed by atoms with Gasteiger partial charge in [-0.2, -0.15) is 0 Å². The molecule has 0 aromatic heterocycles. The van der Waals surface area contributed by atoms with E-state index in [1.807, 2.05) is 60.7 Å². The van der Waals surface area contributed by atoms with Crippen LogP contribution < -0.4 is 14.2 Å². The molecule has 8 heteroatoms. The fourth-order valence-electron chi connectivity index (χ4n) is 3.08. The molecule has 3 rings (SSSR count). The van der Waals surface area contributed by atoms with Crippen molar-refractivity contribution in [3.8, 4) is 17.2 Å². The number of esters is 1. The zero-order valence-corrected chi connectivity index (χ0v) is 18.9. The molecule has 3 aromatic carbocycles. The molecular weight excluding hydrogens is 438 g/mol. The first-order valence-corrected chi connectivity index (χ1v) is 10.6. The number of carbonyl (C=O) groups is 1. The number of hydrogen-bond acceptors (Lipinski definition) is 7. The predicted octanol–water partition coefficient (Wildman–Crippen LogP) is 5.03. The molecule has 34 heavy (non-hydrogen) atoms. The van der Waals surface area contributed by atoms with Gasteiger partial charge in [-0.15, -0.1) is 0 Å². The van der Waals surface area contributed by atoms with Gasteiger partial charge in [-0.3, -0.25) is 10.1 Å². The maximum Gasteiger partial charge on any atom is 0.409 e. The second-order valence-corrected chi connectivity index (χ2v) is 7.10. The van der Waals surface area contributed by atoms with E-state index in [2.05, 4.69) is 0 Å². The number of ether oxygens (including phenoxy) is 4. The van der Waals surface area contributed by atoms with Crippen molar-refractivity contribution >= 4 is 12.0 Å². The van der Waals surface area contributed by atoms with Gasteiger partial charge in [0, 0.05) is 17.7 Å². The van der Waals surface area contributed by atoms with Gasteiger partial charge in [0.25, 0.3) is 0 Å². The second kappa shape index (κ2) is 12.1. The van der Waals surface area contributed by atoms with Gasteiger partial charge in [-0.05, 0) is 24.1 Å². The number of nitrogens with zero attached hydrogens (tertiary/aromatic N) is 1. The van der Waals surface area contributed by atoms with E-state index in [-0.39, 0.29) is 31.1 Å². The molecular formula is C26H25NO7. The highest BCUT2D eigenvalue weighted by atomic mass is 16.6. The van der Waals surface area contributed by atoms with E-state index in [1.54, 1.807) is 19.1 Å². The first-order chi connectivity index (χ1) is 16.5. The largest absolute Gasteiger partial charge is 0.493 e. The molecule has 0 N–H and O–H groups in total. The molecule has 0 aliphatic rings. The lowest BCUT2D eigenvalue weighted by Gasteiger charge is -2.16. The highest BCUT2D eigenvalue weighted by Gasteiger charge is 2.25. The molecule has 0 saturated heterocycles. The van der Waals surface area contributed by atoms with E-state index >= 15 is 0 Å². The summed E-state index contributed by atoms with van der Waals surface area (Å²) in [7, 11) is 1.49. The molecule has 0 unspecified atom stereocenters. The van der Waals surface area contributed by atoms with Crippen LogP contribution in [0.3, 0.4) is 0 Å². The lowest BCUT2D eigenvalue weighted by Crippen LogP contribution is -2.14. The molecule has 0 saturated carbocycles. The Balaban J connectivity index is 2.00. The summed E-state index contributed by atoms with van der Waals surface area (Å²) in [4.78, 5) is 23.0. The molecule has 0 bridgehead atoms. The monoisotopic (exact) mass is 463 g/mol. The first-order valence-electron chi connectivity index (χ1n) is 10.6.